The predicted octanol–water partition coefficient (Wildman–Crippen LogP) is 1.56. The molecule has 3 aromatic heterocycles. The first-order valence-electron chi connectivity index (χ1n) is 15.0. The van der Waals surface area contributed by atoms with Crippen LogP contribution in [0.25, 0.3) is 5.65 Å². The summed E-state index contributed by atoms with van der Waals surface area (Å²) >= 11 is 0. The summed E-state index contributed by atoms with van der Waals surface area (Å²) in [5.41, 5.74) is 6.85. The molecule has 0 unspecified atom stereocenters. The molecular weight excluding hydrogens is 532 g/mol. The van der Waals surface area contributed by atoms with Crippen LogP contribution in [0.15, 0.2) is 42.6 Å². The van der Waals surface area contributed by atoms with Crippen LogP contribution in [0.1, 0.15) is 43.6 Å². The fourth-order valence-electron chi connectivity index (χ4n) is 6.67. The van der Waals surface area contributed by atoms with Gasteiger partial charge in [0.05, 0.1) is 36.6 Å². The number of carbonyl (C=O) groups is 1. The maximum Gasteiger partial charge on any atom is 0.247 e. The first kappa shape index (κ1) is 26.7. The van der Waals surface area contributed by atoms with Gasteiger partial charge in [-0.2, -0.15) is 15.3 Å². The maximum absolute atomic E-state index is 12.7. The van der Waals surface area contributed by atoms with Crippen LogP contribution in [0.4, 0.5) is 11.6 Å². The molecule has 3 aliphatic heterocycles. The van der Waals surface area contributed by atoms with E-state index < -0.39 is 0 Å². The van der Waals surface area contributed by atoms with Gasteiger partial charge in [-0.25, -0.2) is 9.94 Å². The van der Waals surface area contributed by atoms with Gasteiger partial charge >= 0.3 is 0 Å². The number of amides is 1. The van der Waals surface area contributed by atoms with E-state index in [-0.39, 0.29) is 18.0 Å². The summed E-state index contributed by atoms with van der Waals surface area (Å²) in [6.07, 6.45) is 13.4. The monoisotopic (exact) mass is 570 g/mol. The lowest BCUT2D eigenvalue weighted by Gasteiger charge is -2.50. The van der Waals surface area contributed by atoms with Gasteiger partial charge in [-0.1, -0.05) is 12.8 Å². The molecule has 1 saturated carbocycles. The Morgan fingerprint density at radius 2 is 2.02 bits per heavy atom. The quantitative estimate of drug-likeness (QED) is 0.412. The van der Waals surface area contributed by atoms with E-state index in [1.165, 1.54) is 31.2 Å². The smallest absolute Gasteiger partial charge is 0.247 e. The van der Waals surface area contributed by atoms with Crippen LogP contribution in [-0.2, 0) is 10.3 Å². The number of hydrogen-bond donors (Lipinski definition) is 2. The summed E-state index contributed by atoms with van der Waals surface area (Å²) in [6.45, 7) is 5.58. The number of rotatable bonds is 8. The molecule has 220 valence electrons. The summed E-state index contributed by atoms with van der Waals surface area (Å²) in [7, 11) is 2.08. The van der Waals surface area contributed by atoms with Gasteiger partial charge in [0.15, 0.2) is 5.65 Å². The number of hydrazine groups is 1. The molecule has 0 atom stereocenters. The van der Waals surface area contributed by atoms with Crippen molar-refractivity contribution >= 4 is 23.2 Å². The zero-order valence-corrected chi connectivity index (χ0v) is 24.1. The third-order valence-electron chi connectivity index (χ3n) is 9.19. The Bertz CT molecular complexity index is 1510. The fourth-order valence-corrected chi connectivity index (χ4v) is 6.67. The van der Waals surface area contributed by atoms with E-state index in [1.54, 1.807) is 4.52 Å². The van der Waals surface area contributed by atoms with Gasteiger partial charge in [0.2, 0.25) is 11.9 Å². The molecule has 6 heterocycles. The molecular formula is C29H38N12O. The maximum atomic E-state index is 12.7. The number of nitriles is 1. The largest absolute Gasteiger partial charge is 0.363 e. The average Bonchev–Trinajstić information content (AvgIpc) is 3.78. The SMILES string of the molecule is CN1CCN(C(=O)CN2C=C(Nc3nc4c(N5CC(CC#N)(n6cc(C7CCCC7)cn6)C5)cccn4n3)CN2)CC1. The Morgan fingerprint density at radius 3 is 2.81 bits per heavy atom. The number of likely N-dealkylation sites (N-methyl/N-ethyl adjacent to an activating group) is 1. The first-order chi connectivity index (χ1) is 20.5. The molecule has 13 heteroatoms. The number of anilines is 2. The number of carbonyl (C=O) groups excluding carboxylic acids is 1. The number of pyridine rings is 1. The van der Waals surface area contributed by atoms with Crippen LogP contribution in [0, 0.1) is 11.3 Å². The highest BCUT2D eigenvalue weighted by molar-refractivity contribution is 5.78. The second-order valence-electron chi connectivity index (χ2n) is 12.1. The molecule has 3 fully saturated rings. The molecule has 0 aromatic carbocycles. The Hall–Kier alpha value is -4.15. The molecule has 1 amide bonds. The Morgan fingerprint density at radius 1 is 1.21 bits per heavy atom. The highest BCUT2D eigenvalue weighted by Gasteiger charge is 2.46. The summed E-state index contributed by atoms with van der Waals surface area (Å²) in [5, 5.41) is 24.2. The molecule has 42 heavy (non-hydrogen) atoms. The van der Waals surface area contributed by atoms with Crippen molar-refractivity contribution in [2.75, 3.05) is 69.6 Å². The molecule has 0 bridgehead atoms. The molecule has 0 radical (unpaired) electrons. The highest BCUT2D eigenvalue weighted by Crippen LogP contribution is 2.39. The minimum absolute atomic E-state index is 0.121. The summed E-state index contributed by atoms with van der Waals surface area (Å²) in [4.78, 5) is 24.0. The number of aromatic nitrogens is 5. The van der Waals surface area contributed by atoms with Gasteiger partial charge in [-0.15, -0.1) is 5.10 Å². The Kier molecular flexibility index (Phi) is 6.95. The Balaban J connectivity index is 1.02. The van der Waals surface area contributed by atoms with E-state index in [1.807, 2.05) is 39.3 Å². The summed E-state index contributed by atoms with van der Waals surface area (Å²) < 4.78 is 3.82. The number of hydrogen-bond acceptors (Lipinski definition) is 10. The molecule has 1 aliphatic carbocycles. The van der Waals surface area contributed by atoms with Gasteiger partial charge in [0, 0.05) is 57.9 Å². The molecule has 4 aliphatic rings. The van der Waals surface area contributed by atoms with E-state index in [2.05, 4.69) is 51.0 Å². The van der Waals surface area contributed by atoms with Crippen molar-refractivity contribution in [2.24, 2.45) is 0 Å². The van der Waals surface area contributed by atoms with Crippen molar-refractivity contribution in [1.29, 1.82) is 5.26 Å². The van der Waals surface area contributed by atoms with Crippen molar-refractivity contribution in [3.8, 4) is 6.07 Å². The summed E-state index contributed by atoms with van der Waals surface area (Å²) in [6, 6.07) is 6.43. The standard InChI is InChI=1S/C29H38N12O/c1-36-11-13-37(14-12-36)26(42)19-39-18-24(16-31-39)33-28-34-27-25(7-4-10-40(27)35-28)38-20-29(21-38,8-9-30)41-17-23(15-32-41)22-5-2-3-6-22/h4,7,10,15,17-18,22,31H,2-3,5-6,8,11-14,16,19-21H2,1H3,(H,33,35). The lowest BCUT2D eigenvalue weighted by Crippen LogP contribution is -2.63. The molecule has 7 rings (SSSR count). The number of nitrogens with zero attached hydrogens (tertiary/aromatic N) is 10. The van der Waals surface area contributed by atoms with Gasteiger partial charge in [-0.3, -0.25) is 9.48 Å². The van der Waals surface area contributed by atoms with Gasteiger partial charge in [0.25, 0.3) is 0 Å². The van der Waals surface area contributed by atoms with Crippen LogP contribution < -0.4 is 15.6 Å². The minimum Gasteiger partial charge on any atom is -0.363 e. The normalized spacial score (nSPS) is 21.0. The zero-order valence-electron chi connectivity index (χ0n) is 24.1. The van der Waals surface area contributed by atoms with Crippen LogP contribution in [0.5, 0.6) is 0 Å². The minimum atomic E-state index is -0.342. The van der Waals surface area contributed by atoms with Crippen LogP contribution in [0.2, 0.25) is 0 Å². The number of fused-ring (bicyclic) bond motifs is 1. The molecule has 0 spiro atoms. The number of piperazine rings is 1. The topological polar surface area (TPSA) is 126 Å². The second-order valence-corrected chi connectivity index (χ2v) is 12.1. The lowest BCUT2D eigenvalue weighted by atomic mass is 9.86. The molecule has 3 aromatic rings. The van der Waals surface area contributed by atoms with Crippen LogP contribution in [-0.4, -0.2) is 105 Å². The van der Waals surface area contributed by atoms with Crippen molar-refractivity contribution in [1.82, 2.24) is 44.6 Å². The average molecular weight is 571 g/mol. The number of nitrogens with one attached hydrogen (secondary N) is 2. The molecule has 2 N–H and O–H groups in total. The summed E-state index contributed by atoms with van der Waals surface area (Å²) in [5.74, 6) is 1.22. The van der Waals surface area contributed by atoms with Crippen molar-refractivity contribution < 1.29 is 4.79 Å². The third kappa shape index (κ3) is 5.05. The van der Waals surface area contributed by atoms with Crippen LogP contribution in [0.3, 0.4) is 0 Å². The second kappa shape index (κ2) is 10.9. The van der Waals surface area contributed by atoms with Gasteiger partial charge < -0.3 is 25.0 Å². The van der Waals surface area contributed by atoms with E-state index in [0.29, 0.717) is 37.9 Å². The molecule has 2 saturated heterocycles. The zero-order chi connectivity index (χ0) is 28.7. The Labute approximate surface area is 245 Å². The van der Waals surface area contributed by atoms with E-state index in [0.717, 1.165) is 43.2 Å². The predicted molar refractivity (Wildman–Crippen MR) is 157 cm³/mol. The van der Waals surface area contributed by atoms with Crippen molar-refractivity contribution in [3.63, 3.8) is 0 Å². The van der Waals surface area contributed by atoms with Crippen molar-refractivity contribution in [2.45, 2.75) is 43.6 Å². The lowest BCUT2D eigenvalue weighted by molar-refractivity contribution is -0.133. The first-order valence-corrected chi connectivity index (χ1v) is 15.0. The van der Waals surface area contributed by atoms with Gasteiger partial charge in [-0.05, 0) is 43.5 Å². The van der Waals surface area contributed by atoms with E-state index in [9.17, 15) is 10.1 Å². The van der Waals surface area contributed by atoms with E-state index >= 15 is 0 Å². The van der Waals surface area contributed by atoms with Crippen LogP contribution >= 0.6 is 0 Å². The van der Waals surface area contributed by atoms with Gasteiger partial charge in [0.1, 0.15) is 12.1 Å². The fraction of sp³-hybridized carbons (Fsp3) is 0.552. The van der Waals surface area contributed by atoms with E-state index in [4.69, 9.17) is 10.1 Å². The molecule has 13 nitrogen and oxygen atoms in total. The highest BCUT2D eigenvalue weighted by atomic mass is 16.2. The van der Waals surface area contributed by atoms with Crippen molar-refractivity contribution in [3.05, 3.63) is 48.2 Å². The third-order valence-corrected chi connectivity index (χ3v) is 9.19.